The second-order valence-electron chi connectivity index (χ2n) is 10.1. The number of nitrogens with one attached hydrogen (secondary N) is 2. The van der Waals surface area contributed by atoms with Gasteiger partial charge in [-0.05, 0) is 50.7 Å². The Morgan fingerprint density at radius 2 is 1.86 bits per heavy atom. The molecule has 0 unspecified atom stereocenters. The Morgan fingerprint density at radius 3 is 2.64 bits per heavy atom. The molecule has 3 aliphatic rings. The minimum absolute atomic E-state index is 0.0463. The van der Waals surface area contributed by atoms with Crippen molar-refractivity contribution >= 4 is 23.5 Å². The molecule has 1 aromatic carbocycles. The minimum atomic E-state index is -0.519. The second-order valence-corrected chi connectivity index (χ2v) is 10.1. The molecule has 2 aromatic rings. The number of carbonyl (C=O) groups is 2. The van der Waals surface area contributed by atoms with Crippen LogP contribution in [0, 0.1) is 11.7 Å². The fourth-order valence-electron chi connectivity index (χ4n) is 5.50. The standard InChI is InChI=1S/C27H34FN5O3/c28-23-16-29-27(31-21-11-9-18(10-12-21)26(35)30-20-6-2-1-3-7-20)32-25(23)19-5-4-8-22(15-19)33-13-14-36-17-24(33)34/h4-5,8,15-16,18,20-21H,1-3,6-7,9-14,17H2,(H,30,35)(H,29,31,32). The first kappa shape index (κ1) is 24.6. The van der Waals surface area contributed by atoms with Crippen molar-refractivity contribution in [2.75, 3.05) is 30.0 Å². The minimum Gasteiger partial charge on any atom is -0.370 e. The summed E-state index contributed by atoms with van der Waals surface area (Å²) in [4.78, 5) is 35.2. The number of aromatic nitrogens is 2. The molecule has 2 amide bonds. The van der Waals surface area contributed by atoms with Crippen LogP contribution in [0.1, 0.15) is 57.8 Å². The van der Waals surface area contributed by atoms with Gasteiger partial charge in [0.15, 0.2) is 5.82 Å². The van der Waals surface area contributed by atoms with E-state index in [1.807, 2.05) is 6.07 Å². The molecule has 8 nitrogen and oxygen atoms in total. The number of morpholine rings is 1. The lowest BCUT2D eigenvalue weighted by atomic mass is 9.85. The maximum absolute atomic E-state index is 14.7. The molecule has 36 heavy (non-hydrogen) atoms. The summed E-state index contributed by atoms with van der Waals surface area (Å²) in [6.45, 7) is 0.976. The van der Waals surface area contributed by atoms with Crippen LogP contribution in [0.3, 0.4) is 0 Å². The molecule has 1 aromatic heterocycles. The van der Waals surface area contributed by atoms with Crippen molar-refractivity contribution in [1.29, 1.82) is 0 Å². The number of amides is 2. The van der Waals surface area contributed by atoms with Crippen LogP contribution in [-0.2, 0) is 14.3 Å². The van der Waals surface area contributed by atoms with Gasteiger partial charge < -0.3 is 20.3 Å². The molecule has 2 saturated carbocycles. The first-order valence-electron chi connectivity index (χ1n) is 13.1. The molecule has 2 heterocycles. The Balaban J connectivity index is 1.20. The van der Waals surface area contributed by atoms with Crippen molar-refractivity contribution in [3.05, 3.63) is 36.3 Å². The molecule has 0 spiro atoms. The number of hydrogen-bond donors (Lipinski definition) is 2. The molecule has 192 valence electrons. The van der Waals surface area contributed by atoms with Crippen molar-refractivity contribution in [3.63, 3.8) is 0 Å². The maximum atomic E-state index is 14.7. The van der Waals surface area contributed by atoms with Crippen molar-refractivity contribution in [1.82, 2.24) is 15.3 Å². The van der Waals surface area contributed by atoms with Crippen molar-refractivity contribution in [3.8, 4) is 11.3 Å². The van der Waals surface area contributed by atoms with E-state index in [1.54, 1.807) is 23.1 Å². The fourth-order valence-corrected chi connectivity index (χ4v) is 5.50. The molecule has 2 aliphatic carbocycles. The van der Waals surface area contributed by atoms with Gasteiger partial charge in [-0.3, -0.25) is 9.59 Å². The zero-order chi connectivity index (χ0) is 24.9. The number of hydrogen-bond acceptors (Lipinski definition) is 6. The van der Waals surface area contributed by atoms with Gasteiger partial charge in [0.05, 0.1) is 12.8 Å². The lowest BCUT2D eigenvalue weighted by molar-refractivity contribution is -0.127. The molecule has 1 aliphatic heterocycles. The van der Waals surface area contributed by atoms with Gasteiger partial charge in [0.25, 0.3) is 5.91 Å². The third-order valence-corrected chi connectivity index (χ3v) is 7.54. The largest absolute Gasteiger partial charge is 0.370 e. The second kappa shape index (κ2) is 11.3. The summed E-state index contributed by atoms with van der Waals surface area (Å²) in [6, 6.07) is 7.65. The van der Waals surface area contributed by atoms with Crippen LogP contribution < -0.4 is 15.5 Å². The molecule has 0 radical (unpaired) electrons. The van der Waals surface area contributed by atoms with Crippen LogP contribution in [0.5, 0.6) is 0 Å². The quantitative estimate of drug-likeness (QED) is 0.627. The zero-order valence-corrected chi connectivity index (χ0v) is 20.5. The first-order chi connectivity index (χ1) is 17.6. The number of rotatable bonds is 6. The molecule has 9 heteroatoms. The summed E-state index contributed by atoms with van der Waals surface area (Å²) >= 11 is 0. The topological polar surface area (TPSA) is 96.5 Å². The first-order valence-corrected chi connectivity index (χ1v) is 13.1. The summed E-state index contributed by atoms with van der Waals surface area (Å²) in [6.07, 6.45) is 10.4. The van der Waals surface area contributed by atoms with Gasteiger partial charge >= 0.3 is 0 Å². The van der Waals surface area contributed by atoms with Crippen LogP contribution in [0.15, 0.2) is 30.5 Å². The number of nitrogens with zero attached hydrogens (tertiary/aromatic N) is 3. The molecule has 1 saturated heterocycles. The van der Waals surface area contributed by atoms with Gasteiger partial charge in [-0.25, -0.2) is 14.4 Å². The Labute approximate surface area is 211 Å². The Morgan fingerprint density at radius 1 is 1.06 bits per heavy atom. The summed E-state index contributed by atoms with van der Waals surface area (Å²) in [5.41, 5.74) is 1.46. The number of ether oxygens (including phenoxy) is 1. The highest BCUT2D eigenvalue weighted by molar-refractivity contribution is 5.95. The smallest absolute Gasteiger partial charge is 0.253 e. The Bertz CT molecular complexity index is 1080. The highest BCUT2D eigenvalue weighted by Crippen LogP contribution is 2.29. The number of benzene rings is 1. The fraction of sp³-hybridized carbons (Fsp3) is 0.556. The van der Waals surface area contributed by atoms with E-state index in [0.717, 1.165) is 38.5 Å². The van der Waals surface area contributed by atoms with Crippen LogP contribution >= 0.6 is 0 Å². The molecule has 0 atom stereocenters. The molecular formula is C27H34FN5O3. The molecule has 5 rings (SSSR count). The molecular weight excluding hydrogens is 461 g/mol. The van der Waals surface area contributed by atoms with E-state index in [1.165, 1.54) is 25.5 Å². The highest BCUT2D eigenvalue weighted by Gasteiger charge is 2.28. The van der Waals surface area contributed by atoms with Crippen molar-refractivity contribution in [2.24, 2.45) is 5.92 Å². The normalized spacial score (nSPS) is 23.4. The number of anilines is 2. The van der Waals surface area contributed by atoms with E-state index in [-0.39, 0.29) is 36.1 Å². The molecule has 3 fully saturated rings. The average Bonchev–Trinajstić information content (AvgIpc) is 2.91. The third-order valence-electron chi connectivity index (χ3n) is 7.54. The van der Waals surface area contributed by atoms with Gasteiger partial charge in [0, 0.05) is 35.8 Å². The Hall–Kier alpha value is -3.07. The predicted octanol–water partition coefficient (Wildman–Crippen LogP) is 4.07. The van der Waals surface area contributed by atoms with Gasteiger partial charge in [-0.1, -0.05) is 31.4 Å². The highest BCUT2D eigenvalue weighted by atomic mass is 19.1. The average molecular weight is 496 g/mol. The SMILES string of the molecule is O=C(NC1CCCCC1)C1CCC(Nc2ncc(F)c(-c3cccc(N4CCOCC4=O)c3)n2)CC1. The van der Waals surface area contributed by atoms with Gasteiger partial charge in [-0.15, -0.1) is 0 Å². The van der Waals surface area contributed by atoms with Crippen molar-refractivity contribution in [2.45, 2.75) is 69.9 Å². The van der Waals surface area contributed by atoms with E-state index in [9.17, 15) is 14.0 Å². The van der Waals surface area contributed by atoms with Crippen LogP contribution in [-0.4, -0.2) is 53.6 Å². The number of halogens is 1. The van der Waals surface area contributed by atoms with Gasteiger partial charge in [0.1, 0.15) is 12.3 Å². The lowest BCUT2D eigenvalue weighted by Crippen LogP contribution is -2.42. The Kier molecular flexibility index (Phi) is 7.75. The van der Waals surface area contributed by atoms with Crippen molar-refractivity contribution < 1.29 is 18.7 Å². The third kappa shape index (κ3) is 5.83. The van der Waals surface area contributed by atoms with E-state index < -0.39 is 5.82 Å². The van der Waals surface area contributed by atoms with E-state index in [4.69, 9.17) is 4.74 Å². The van der Waals surface area contributed by atoms with Crippen LogP contribution in [0.25, 0.3) is 11.3 Å². The maximum Gasteiger partial charge on any atom is 0.253 e. The monoisotopic (exact) mass is 495 g/mol. The van der Waals surface area contributed by atoms with E-state index >= 15 is 0 Å². The van der Waals surface area contributed by atoms with Crippen LogP contribution in [0.4, 0.5) is 16.0 Å². The zero-order valence-electron chi connectivity index (χ0n) is 20.5. The molecule has 0 bridgehead atoms. The van der Waals surface area contributed by atoms with Gasteiger partial charge in [-0.2, -0.15) is 0 Å². The van der Waals surface area contributed by atoms with Crippen LogP contribution in [0.2, 0.25) is 0 Å². The van der Waals surface area contributed by atoms with Gasteiger partial charge in [0.2, 0.25) is 11.9 Å². The lowest BCUT2D eigenvalue weighted by Gasteiger charge is -2.30. The predicted molar refractivity (Wildman–Crippen MR) is 135 cm³/mol. The van der Waals surface area contributed by atoms with E-state index in [0.29, 0.717) is 36.4 Å². The summed E-state index contributed by atoms with van der Waals surface area (Å²) in [5.74, 6) is -0.0185. The number of carbonyl (C=O) groups excluding carboxylic acids is 2. The summed E-state index contributed by atoms with van der Waals surface area (Å²) < 4.78 is 19.9. The molecule has 2 N–H and O–H groups in total. The van der Waals surface area contributed by atoms with E-state index in [2.05, 4.69) is 20.6 Å². The summed E-state index contributed by atoms with van der Waals surface area (Å²) in [7, 11) is 0. The summed E-state index contributed by atoms with van der Waals surface area (Å²) in [5, 5.41) is 6.60.